The van der Waals surface area contributed by atoms with Gasteiger partial charge in [-0.05, 0) is 12.1 Å². The van der Waals surface area contributed by atoms with E-state index in [0.29, 0.717) is 0 Å². The average molecular weight is 236 g/mol. The molecule has 0 spiro atoms. The van der Waals surface area contributed by atoms with Gasteiger partial charge in [0.1, 0.15) is 0 Å². The van der Waals surface area contributed by atoms with Crippen LogP contribution in [0.3, 0.4) is 0 Å². The Morgan fingerprint density at radius 3 is 2.38 bits per heavy atom. The summed E-state index contributed by atoms with van der Waals surface area (Å²) in [5.74, 6) is -2.87. The largest absolute Gasteiger partial charge is 0.573 e. The molecule has 0 aliphatic rings. The number of aromatic hydroxyl groups is 1. The van der Waals surface area contributed by atoms with Crippen LogP contribution >= 0.6 is 0 Å². The lowest BCUT2D eigenvalue weighted by Gasteiger charge is -2.11. The van der Waals surface area contributed by atoms with Gasteiger partial charge in [-0.2, -0.15) is 0 Å². The molecule has 1 N–H and O–H groups in total. The van der Waals surface area contributed by atoms with Crippen molar-refractivity contribution in [1.82, 2.24) is 0 Å². The summed E-state index contributed by atoms with van der Waals surface area (Å²) in [4.78, 5) is 10.6. The Bertz CT molecular complexity index is 400. The van der Waals surface area contributed by atoms with Gasteiger partial charge < -0.3 is 14.6 Å². The zero-order chi connectivity index (χ0) is 12.3. The molecule has 4 nitrogen and oxygen atoms in total. The molecule has 1 aromatic rings. The maximum absolute atomic E-state index is 11.9. The Hall–Kier alpha value is -1.92. The Morgan fingerprint density at radius 2 is 1.88 bits per heavy atom. The number of halogens is 3. The van der Waals surface area contributed by atoms with Gasteiger partial charge in [-0.1, -0.05) is 6.07 Å². The lowest BCUT2D eigenvalue weighted by atomic mass is 10.3. The van der Waals surface area contributed by atoms with E-state index >= 15 is 0 Å². The smallest absolute Gasteiger partial charge is 0.502 e. The van der Waals surface area contributed by atoms with Crippen LogP contribution in [0.4, 0.5) is 13.2 Å². The molecule has 16 heavy (non-hydrogen) atoms. The Morgan fingerprint density at radius 1 is 1.31 bits per heavy atom. The summed E-state index contributed by atoms with van der Waals surface area (Å²) in [7, 11) is 0. The van der Waals surface area contributed by atoms with Gasteiger partial charge in [-0.25, -0.2) is 0 Å². The third-order valence-electron chi connectivity index (χ3n) is 1.44. The minimum atomic E-state index is -4.92. The minimum absolute atomic E-state index is 0.394. The maximum atomic E-state index is 11.9. The molecule has 0 saturated carbocycles. The first-order chi connectivity index (χ1) is 7.29. The van der Waals surface area contributed by atoms with E-state index in [1.165, 1.54) is 0 Å². The fourth-order valence-corrected chi connectivity index (χ4v) is 0.946. The van der Waals surface area contributed by atoms with Crippen LogP contribution in [0.25, 0.3) is 0 Å². The molecule has 0 heterocycles. The monoisotopic (exact) mass is 236 g/mol. The summed E-state index contributed by atoms with van der Waals surface area (Å²) in [5, 5.41) is 9.30. The van der Waals surface area contributed by atoms with Crippen molar-refractivity contribution in [2.75, 3.05) is 0 Å². The summed E-state index contributed by atoms with van der Waals surface area (Å²) in [6, 6.07) is 3.19. The number of alkyl halides is 3. The molecule has 1 rings (SSSR count). The van der Waals surface area contributed by atoms with Gasteiger partial charge in [0.15, 0.2) is 11.5 Å². The van der Waals surface area contributed by atoms with E-state index in [2.05, 4.69) is 9.47 Å². The number of hydrogen-bond acceptors (Lipinski definition) is 4. The average Bonchev–Trinajstić information content (AvgIpc) is 2.09. The Labute approximate surface area is 88.2 Å². The number of rotatable bonds is 2. The third kappa shape index (κ3) is 3.34. The molecule has 0 bridgehead atoms. The first-order valence-electron chi connectivity index (χ1n) is 4.06. The van der Waals surface area contributed by atoms with Gasteiger partial charge in [0.2, 0.25) is 5.75 Å². The van der Waals surface area contributed by atoms with Gasteiger partial charge in [0.25, 0.3) is 0 Å². The quantitative estimate of drug-likeness (QED) is 0.631. The molecule has 88 valence electrons. The fraction of sp³-hybridized carbons (Fsp3) is 0.222. The van der Waals surface area contributed by atoms with Crippen molar-refractivity contribution >= 4 is 5.97 Å². The number of hydrogen-bond donors (Lipinski definition) is 1. The zero-order valence-electron chi connectivity index (χ0n) is 8.04. The van der Waals surface area contributed by atoms with Crippen molar-refractivity contribution in [3.63, 3.8) is 0 Å². The molecule has 0 aromatic heterocycles. The molecule has 7 heteroatoms. The third-order valence-corrected chi connectivity index (χ3v) is 1.44. The van der Waals surface area contributed by atoms with Gasteiger partial charge in [0, 0.05) is 6.92 Å². The van der Waals surface area contributed by atoms with Gasteiger partial charge in [0.05, 0.1) is 0 Å². The Balaban J connectivity index is 2.99. The lowest BCUT2D eigenvalue weighted by molar-refractivity contribution is -0.275. The highest BCUT2D eigenvalue weighted by Crippen LogP contribution is 2.38. The van der Waals surface area contributed by atoms with Crippen LogP contribution < -0.4 is 9.47 Å². The minimum Gasteiger partial charge on any atom is -0.502 e. The summed E-state index contributed by atoms with van der Waals surface area (Å²) in [5.41, 5.74) is 0. The molecule has 0 unspecified atom stereocenters. The number of esters is 1. The van der Waals surface area contributed by atoms with Crippen molar-refractivity contribution in [3.05, 3.63) is 18.2 Å². The van der Waals surface area contributed by atoms with Crippen LogP contribution in [0.2, 0.25) is 0 Å². The van der Waals surface area contributed by atoms with E-state index in [4.69, 9.17) is 0 Å². The van der Waals surface area contributed by atoms with E-state index < -0.39 is 29.6 Å². The fourth-order valence-electron chi connectivity index (χ4n) is 0.946. The topological polar surface area (TPSA) is 55.8 Å². The highest BCUT2D eigenvalue weighted by atomic mass is 19.4. The summed E-state index contributed by atoms with van der Waals surface area (Å²) in [6.07, 6.45) is -4.92. The van der Waals surface area contributed by atoms with E-state index in [0.717, 1.165) is 25.1 Å². The Kier molecular flexibility index (Phi) is 3.26. The van der Waals surface area contributed by atoms with Gasteiger partial charge in [-0.15, -0.1) is 13.2 Å². The molecule has 0 radical (unpaired) electrons. The van der Waals surface area contributed by atoms with Crippen LogP contribution in [-0.2, 0) is 4.79 Å². The molecular formula is C9H7F3O4. The van der Waals surface area contributed by atoms with Crippen molar-refractivity contribution in [2.45, 2.75) is 13.3 Å². The van der Waals surface area contributed by atoms with Gasteiger partial charge in [-0.3, -0.25) is 4.79 Å². The molecule has 0 aliphatic carbocycles. The highest BCUT2D eigenvalue weighted by Gasteiger charge is 2.32. The number of benzene rings is 1. The van der Waals surface area contributed by atoms with Gasteiger partial charge >= 0.3 is 12.3 Å². The van der Waals surface area contributed by atoms with E-state index in [9.17, 15) is 23.1 Å². The summed E-state index contributed by atoms with van der Waals surface area (Å²) < 4.78 is 43.6. The summed E-state index contributed by atoms with van der Waals surface area (Å²) in [6.45, 7) is 1.05. The number of para-hydroxylation sites is 1. The number of phenolic OH excluding ortho intramolecular Hbond substituents is 1. The number of phenols is 1. The highest BCUT2D eigenvalue weighted by molar-refractivity contribution is 5.71. The summed E-state index contributed by atoms with van der Waals surface area (Å²) >= 11 is 0. The molecule has 0 atom stereocenters. The van der Waals surface area contributed by atoms with Crippen LogP contribution in [0.1, 0.15) is 6.92 Å². The van der Waals surface area contributed by atoms with E-state index in [-0.39, 0.29) is 0 Å². The van der Waals surface area contributed by atoms with Crippen LogP contribution in [0.5, 0.6) is 17.2 Å². The van der Waals surface area contributed by atoms with Crippen LogP contribution in [-0.4, -0.2) is 17.4 Å². The molecule has 0 fully saturated rings. The van der Waals surface area contributed by atoms with Crippen molar-refractivity contribution < 1.29 is 32.5 Å². The van der Waals surface area contributed by atoms with Crippen LogP contribution in [0, 0.1) is 0 Å². The second-order valence-electron chi connectivity index (χ2n) is 2.74. The standard InChI is InChI=1S/C9H7F3O4/c1-5(13)15-6-3-2-4-7(8(6)14)16-9(10,11)12/h2-4,14H,1H3. The molecular weight excluding hydrogens is 229 g/mol. The SMILES string of the molecule is CC(=O)Oc1cccc(OC(F)(F)F)c1O. The molecule has 0 saturated heterocycles. The van der Waals surface area contributed by atoms with E-state index in [1.807, 2.05) is 0 Å². The van der Waals surface area contributed by atoms with Crippen molar-refractivity contribution in [1.29, 1.82) is 0 Å². The predicted octanol–water partition coefficient (Wildman–Crippen LogP) is 2.22. The predicted molar refractivity (Wildman–Crippen MR) is 46.1 cm³/mol. The molecule has 0 amide bonds. The first kappa shape index (κ1) is 12.2. The lowest BCUT2D eigenvalue weighted by Crippen LogP contribution is -2.17. The second kappa shape index (κ2) is 4.30. The van der Waals surface area contributed by atoms with Crippen molar-refractivity contribution in [3.8, 4) is 17.2 Å². The zero-order valence-corrected chi connectivity index (χ0v) is 8.04. The molecule has 0 aliphatic heterocycles. The second-order valence-corrected chi connectivity index (χ2v) is 2.74. The van der Waals surface area contributed by atoms with E-state index in [1.54, 1.807) is 0 Å². The van der Waals surface area contributed by atoms with Crippen molar-refractivity contribution in [2.24, 2.45) is 0 Å². The number of ether oxygens (including phenoxy) is 2. The maximum Gasteiger partial charge on any atom is 0.573 e. The normalized spacial score (nSPS) is 11.0. The number of carbonyl (C=O) groups excluding carboxylic acids is 1. The first-order valence-corrected chi connectivity index (χ1v) is 4.06. The number of carbonyl (C=O) groups is 1. The molecule has 1 aromatic carbocycles. The van der Waals surface area contributed by atoms with Crippen LogP contribution in [0.15, 0.2) is 18.2 Å².